The van der Waals surface area contributed by atoms with Crippen LogP contribution >= 0.6 is 22.6 Å². The zero-order valence-corrected chi connectivity index (χ0v) is 11.0. The second-order valence-electron chi connectivity index (χ2n) is 2.12. The number of methoxy groups -OCH3 is 2. The summed E-state index contributed by atoms with van der Waals surface area (Å²) in [5, 5.41) is 0. The molecule has 1 radical (unpaired) electrons. The minimum Gasteiger partial charge on any atom is -0.493 e. The van der Waals surface area contributed by atoms with Crippen molar-refractivity contribution in [1.29, 1.82) is 0 Å². The van der Waals surface area contributed by atoms with E-state index in [-0.39, 0.29) is 0 Å². The van der Waals surface area contributed by atoms with Crippen LogP contribution in [0.4, 0.5) is 0 Å². The molecular weight excluding hydrogens is 382 g/mol. The summed E-state index contributed by atoms with van der Waals surface area (Å²) in [6.07, 6.45) is 0. The standard InChI is InChI=1S/C8H8I2O2/c1-11-7-3-5(9)6(10)4-8(7)12-2/h3-4H,1-2H3/q+1. The maximum absolute atomic E-state index is 5.14. The molecule has 2 nitrogen and oxygen atoms in total. The van der Waals surface area contributed by atoms with Crippen LogP contribution in [-0.4, -0.2) is 14.2 Å². The Balaban J connectivity index is 3.19. The van der Waals surface area contributed by atoms with Crippen LogP contribution in [0.3, 0.4) is 0 Å². The molecular formula is C8H8I2O2+. The van der Waals surface area contributed by atoms with E-state index in [0.29, 0.717) is 0 Å². The second kappa shape index (κ2) is 4.50. The number of halogens is 2. The SMILES string of the molecule is COc1cc(I)c([I+])cc1OC. The highest BCUT2D eigenvalue weighted by Gasteiger charge is 2.15. The van der Waals surface area contributed by atoms with Gasteiger partial charge in [-0.2, -0.15) is 0 Å². The molecule has 0 saturated carbocycles. The normalized spacial score (nSPS) is 9.67. The third kappa shape index (κ3) is 2.15. The lowest BCUT2D eigenvalue weighted by Gasteiger charge is -2.05. The van der Waals surface area contributed by atoms with Crippen molar-refractivity contribution in [2.24, 2.45) is 0 Å². The fourth-order valence-corrected chi connectivity index (χ4v) is 1.71. The van der Waals surface area contributed by atoms with Gasteiger partial charge in [0.2, 0.25) is 0 Å². The van der Waals surface area contributed by atoms with Gasteiger partial charge >= 0.3 is 22.6 Å². The maximum Gasteiger partial charge on any atom is 0.625 e. The van der Waals surface area contributed by atoms with Crippen molar-refractivity contribution in [2.45, 2.75) is 0 Å². The lowest BCUT2D eigenvalue weighted by Crippen LogP contribution is -3.34. The van der Waals surface area contributed by atoms with Gasteiger partial charge in [0.25, 0.3) is 3.57 Å². The van der Waals surface area contributed by atoms with E-state index < -0.39 is 0 Å². The van der Waals surface area contributed by atoms with Gasteiger partial charge in [-0.15, -0.1) is 0 Å². The van der Waals surface area contributed by atoms with Crippen molar-refractivity contribution in [1.82, 2.24) is 0 Å². The van der Waals surface area contributed by atoms with Gasteiger partial charge in [-0.25, -0.2) is 0 Å². The van der Waals surface area contributed by atoms with E-state index in [4.69, 9.17) is 9.47 Å². The fraction of sp³-hybridized carbons (Fsp3) is 0.250. The van der Waals surface area contributed by atoms with Crippen LogP contribution in [0.2, 0.25) is 0 Å². The zero-order chi connectivity index (χ0) is 9.14. The summed E-state index contributed by atoms with van der Waals surface area (Å²) in [5.74, 6) is 1.56. The van der Waals surface area contributed by atoms with Crippen LogP contribution in [0, 0.1) is 7.14 Å². The van der Waals surface area contributed by atoms with E-state index in [1.54, 1.807) is 14.2 Å². The summed E-state index contributed by atoms with van der Waals surface area (Å²) in [6, 6.07) is 3.92. The summed E-state index contributed by atoms with van der Waals surface area (Å²) in [4.78, 5) is 0. The number of hydrogen-bond donors (Lipinski definition) is 0. The minimum atomic E-state index is 0.780. The molecule has 1 aromatic rings. The van der Waals surface area contributed by atoms with Crippen LogP contribution in [0.15, 0.2) is 12.1 Å². The second-order valence-corrected chi connectivity index (χ2v) is 4.45. The summed E-state index contributed by atoms with van der Waals surface area (Å²) in [7, 11) is 3.28. The number of ether oxygens (including phenoxy) is 2. The molecule has 0 aliphatic carbocycles. The van der Waals surface area contributed by atoms with Crippen molar-refractivity contribution >= 4 is 22.6 Å². The van der Waals surface area contributed by atoms with Crippen molar-refractivity contribution in [3.8, 4) is 11.5 Å². The average Bonchev–Trinajstić information content (AvgIpc) is 2.09. The van der Waals surface area contributed by atoms with Crippen LogP contribution in [0.5, 0.6) is 11.5 Å². The summed E-state index contributed by atoms with van der Waals surface area (Å²) < 4.78 is 12.6. The first-order valence-corrected chi connectivity index (χ1v) is 5.41. The Bertz CT molecular complexity index is 258. The molecule has 0 aliphatic rings. The van der Waals surface area contributed by atoms with Gasteiger partial charge in [0.1, 0.15) is 0 Å². The monoisotopic (exact) mass is 390 g/mol. The lowest BCUT2D eigenvalue weighted by atomic mass is 10.3. The molecule has 0 N–H and O–H groups in total. The first kappa shape index (κ1) is 10.4. The average molecular weight is 390 g/mol. The van der Waals surface area contributed by atoms with Gasteiger partial charge in [0, 0.05) is 12.1 Å². The molecule has 0 aromatic heterocycles. The zero-order valence-electron chi connectivity index (χ0n) is 6.73. The highest BCUT2D eigenvalue weighted by atomic mass is 127. The smallest absolute Gasteiger partial charge is 0.493 e. The van der Waals surface area contributed by atoms with Crippen molar-refractivity contribution in [3.63, 3.8) is 0 Å². The van der Waals surface area contributed by atoms with Gasteiger partial charge in [0.15, 0.2) is 11.5 Å². The molecule has 4 heteroatoms. The van der Waals surface area contributed by atoms with Gasteiger partial charge in [-0.1, -0.05) is 0 Å². The summed E-state index contributed by atoms with van der Waals surface area (Å²) >= 11 is 4.53. The van der Waals surface area contributed by atoms with Crippen molar-refractivity contribution < 1.29 is 32.1 Å². The molecule has 0 unspecified atom stereocenters. The minimum absolute atomic E-state index is 0.780. The quantitative estimate of drug-likeness (QED) is 0.606. The predicted molar refractivity (Wildman–Crippen MR) is 51.0 cm³/mol. The van der Waals surface area contributed by atoms with E-state index >= 15 is 0 Å². The van der Waals surface area contributed by atoms with E-state index in [1.807, 2.05) is 12.1 Å². The van der Waals surface area contributed by atoms with E-state index in [0.717, 1.165) is 11.5 Å². The van der Waals surface area contributed by atoms with Gasteiger partial charge in [-0.3, -0.25) is 0 Å². The van der Waals surface area contributed by atoms with Crippen molar-refractivity contribution in [2.75, 3.05) is 14.2 Å². The van der Waals surface area contributed by atoms with Crippen LogP contribution in [-0.2, 0) is 0 Å². The van der Waals surface area contributed by atoms with Crippen LogP contribution < -0.4 is 32.1 Å². The largest absolute Gasteiger partial charge is 0.625 e. The lowest BCUT2D eigenvalue weighted by molar-refractivity contribution is -0.330. The van der Waals surface area contributed by atoms with Gasteiger partial charge < -0.3 is 9.47 Å². The molecule has 0 amide bonds. The molecule has 0 spiro atoms. The van der Waals surface area contributed by atoms with E-state index in [2.05, 4.69) is 45.2 Å². The van der Waals surface area contributed by atoms with Crippen LogP contribution in [0.1, 0.15) is 0 Å². The Labute approximate surface area is 98.9 Å². The Morgan fingerprint density at radius 2 is 1.67 bits per heavy atom. The summed E-state index contributed by atoms with van der Waals surface area (Å²) in [6.45, 7) is 0. The highest BCUT2D eigenvalue weighted by molar-refractivity contribution is 14.1. The Morgan fingerprint density at radius 1 is 1.17 bits per heavy atom. The highest BCUT2D eigenvalue weighted by Crippen LogP contribution is 2.27. The Hall–Kier alpha value is 0.280. The molecule has 65 valence electrons. The first-order chi connectivity index (χ1) is 5.69. The molecule has 0 aliphatic heterocycles. The van der Waals surface area contributed by atoms with E-state index in [1.165, 1.54) is 7.14 Å². The molecule has 0 fully saturated rings. The third-order valence-corrected chi connectivity index (χ3v) is 4.24. The Kier molecular flexibility index (Phi) is 3.88. The molecule has 0 heterocycles. The number of benzene rings is 1. The van der Waals surface area contributed by atoms with Gasteiger partial charge in [-0.05, 0) is 22.6 Å². The molecule has 0 saturated heterocycles. The molecule has 1 aromatic carbocycles. The van der Waals surface area contributed by atoms with Gasteiger partial charge in [0.05, 0.1) is 17.8 Å². The first-order valence-electron chi connectivity index (χ1n) is 3.26. The molecule has 0 bridgehead atoms. The Morgan fingerprint density at radius 3 is 2.17 bits per heavy atom. The number of hydrogen-bond acceptors (Lipinski definition) is 2. The van der Waals surface area contributed by atoms with Crippen molar-refractivity contribution in [3.05, 3.63) is 19.3 Å². The third-order valence-electron chi connectivity index (χ3n) is 1.43. The van der Waals surface area contributed by atoms with E-state index in [9.17, 15) is 0 Å². The maximum atomic E-state index is 5.14. The predicted octanol–water partition coefficient (Wildman–Crippen LogP) is -0.969. The number of rotatable bonds is 2. The van der Waals surface area contributed by atoms with Crippen LogP contribution in [0.25, 0.3) is 0 Å². The topological polar surface area (TPSA) is 18.5 Å². The molecule has 0 atom stereocenters. The molecule has 12 heavy (non-hydrogen) atoms. The molecule has 1 rings (SSSR count). The fourth-order valence-electron chi connectivity index (χ4n) is 0.829. The summed E-state index contributed by atoms with van der Waals surface area (Å²) in [5.41, 5.74) is 0.